The third kappa shape index (κ3) is 3.08. The van der Waals surface area contributed by atoms with Crippen molar-refractivity contribution in [2.45, 2.75) is 58.5 Å². The normalized spacial score (nSPS) is 24.8. The van der Waals surface area contributed by atoms with Crippen molar-refractivity contribution in [3.63, 3.8) is 0 Å². The van der Waals surface area contributed by atoms with Crippen LogP contribution in [0.4, 0.5) is 4.39 Å². The molecule has 1 N–H and O–H groups in total. The highest BCUT2D eigenvalue weighted by atomic mass is 19.1. The Morgan fingerprint density at radius 1 is 1.39 bits per heavy atom. The lowest BCUT2D eigenvalue weighted by atomic mass is 9.73. The molecule has 2 atom stereocenters. The zero-order valence-corrected chi connectivity index (χ0v) is 11.5. The van der Waals surface area contributed by atoms with Crippen LogP contribution in [0.15, 0.2) is 18.3 Å². The Morgan fingerprint density at radius 3 is 2.78 bits per heavy atom. The number of halogens is 1. The van der Waals surface area contributed by atoms with Crippen LogP contribution >= 0.6 is 0 Å². The standard InChI is InChI=1S/C15H23FN2/c1-11(13-8-7-12(16)10-17-13)18-14-6-4-5-9-15(14,2)3/h7-8,10-11,14,18H,4-6,9H2,1-3H3. The molecule has 3 heteroatoms. The lowest BCUT2D eigenvalue weighted by Gasteiger charge is -2.40. The van der Waals surface area contributed by atoms with Crippen LogP contribution in [0, 0.1) is 11.2 Å². The molecule has 0 aromatic carbocycles. The summed E-state index contributed by atoms with van der Waals surface area (Å²) in [5.74, 6) is -0.274. The maximum atomic E-state index is 12.8. The van der Waals surface area contributed by atoms with Gasteiger partial charge in [-0.15, -0.1) is 0 Å². The maximum Gasteiger partial charge on any atom is 0.141 e. The largest absolute Gasteiger partial charge is 0.306 e. The lowest BCUT2D eigenvalue weighted by molar-refractivity contribution is 0.157. The van der Waals surface area contributed by atoms with Crippen molar-refractivity contribution in [3.8, 4) is 0 Å². The van der Waals surface area contributed by atoms with Crippen LogP contribution in [0.5, 0.6) is 0 Å². The van der Waals surface area contributed by atoms with Crippen molar-refractivity contribution in [3.05, 3.63) is 29.8 Å². The first-order chi connectivity index (χ1) is 8.49. The average Bonchev–Trinajstić information content (AvgIpc) is 2.32. The molecule has 1 aromatic heterocycles. The first-order valence-electron chi connectivity index (χ1n) is 6.86. The fourth-order valence-corrected chi connectivity index (χ4v) is 2.83. The minimum Gasteiger partial charge on any atom is -0.306 e. The zero-order valence-electron chi connectivity index (χ0n) is 11.5. The minimum absolute atomic E-state index is 0.174. The fraction of sp³-hybridized carbons (Fsp3) is 0.667. The van der Waals surface area contributed by atoms with Crippen LogP contribution in [0.1, 0.15) is 58.2 Å². The van der Waals surface area contributed by atoms with Crippen LogP contribution in [0.3, 0.4) is 0 Å². The van der Waals surface area contributed by atoms with Crippen molar-refractivity contribution in [1.82, 2.24) is 10.3 Å². The summed E-state index contributed by atoms with van der Waals surface area (Å²) in [5.41, 5.74) is 1.25. The molecule has 2 nitrogen and oxygen atoms in total. The number of hydrogen-bond donors (Lipinski definition) is 1. The second-order valence-corrected chi connectivity index (χ2v) is 6.08. The topological polar surface area (TPSA) is 24.9 Å². The summed E-state index contributed by atoms with van der Waals surface area (Å²) in [7, 11) is 0. The monoisotopic (exact) mass is 250 g/mol. The number of hydrogen-bond acceptors (Lipinski definition) is 2. The van der Waals surface area contributed by atoms with Gasteiger partial charge in [0.2, 0.25) is 0 Å². The van der Waals surface area contributed by atoms with E-state index >= 15 is 0 Å². The first-order valence-corrected chi connectivity index (χ1v) is 6.86. The number of pyridine rings is 1. The second kappa shape index (κ2) is 5.35. The number of aromatic nitrogens is 1. The summed E-state index contributed by atoms with van der Waals surface area (Å²) in [6, 6.07) is 3.94. The molecule has 0 saturated heterocycles. The highest BCUT2D eigenvalue weighted by Crippen LogP contribution is 2.36. The van der Waals surface area contributed by atoms with Gasteiger partial charge in [-0.05, 0) is 37.3 Å². The van der Waals surface area contributed by atoms with Crippen LogP contribution in [0.25, 0.3) is 0 Å². The number of nitrogens with zero attached hydrogens (tertiary/aromatic N) is 1. The molecule has 2 unspecified atom stereocenters. The van der Waals surface area contributed by atoms with E-state index in [0.29, 0.717) is 11.5 Å². The van der Waals surface area contributed by atoms with E-state index in [1.807, 2.05) is 0 Å². The Balaban J connectivity index is 2.02. The van der Waals surface area contributed by atoms with Gasteiger partial charge in [-0.25, -0.2) is 4.39 Å². The summed E-state index contributed by atoms with van der Waals surface area (Å²) in [5, 5.41) is 3.66. The summed E-state index contributed by atoms with van der Waals surface area (Å²) >= 11 is 0. The van der Waals surface area contributed by atoms with E-state index in [1.165, 1.54) is 37.9 Å². The molecule has 1 aliphatic carbocycles. The number of nitrogens with one attached hydrogen (secondary N) is 1. The summed E-state index contributed by atoms with van der Waals surface area (Å²) in [6.45, 7) is 6.76. The molecule has 0 radical (unpaired) electrons. The molecule has 1 heterocycles. The molecule has 18 heavy (non-hydrogen) atoms. The maximum absolute atomic E-state index is 12.8. The highest BCUT2D eigenvalue weighted by Gasteiger charge is 2.32. The predicted octanol–water partition coefficient (Wildman–Crippen LogP) is 3.84. The molecule has 0 aliphatic heterocycles. The van der Waals surface area contributed by atoms with Crippen molar-refractivity contribution in [1.29, 1.82) is 0 Å². The van der Waals surface area contributed by atoms with Gasteiger partial charge in [0.1, 0.15) is 5.82 Å². The summed E-state index contributed by atoms with van der Waals surface area (Å²) in [4.78, 5) is 4.15. The van der Waals surface area contributed by atoms with Gasteiger partial charge < -0.3 is 5.32 Å². The molecule has 2 rings (SSSR count). The third-order valence-electron chi connectivity index (χ3n) is 4.15. The predicted molar refractivity (Wildman–Crippen MR) is 71.8 cm³/mol. The molecule has 1 saturated carbocycles. The lowest BCUT2D eigenvalue weighted by Crippen LogP contribution is -2.45. The Bertz CT molecular complexity index is 386. The van der Waals surface area contributed by atoms with Crippen molar-refractivity contribution in [2.24, 2.45) is 5.41 Å². The Kier molecular flexibility index (Phi) is 4.00. The quantitative estimate of drug-likeness (QED) is 0.881. The van der Waals surface area contributed by atoms with E-state index in [9.17, 15) is 4.39 Å². The molecule has 0 spiro atoms. The highest BCUT2D eigenvalue weighted by molar-refractivity contribution is 5.09. The zero-order chi connectivity index (χ0) is 13.2. The van der Waals surface area contributed by atoms with E-state index in [4.69, 9.17) is 0 Å². The van der Waals surface area contributed by atoms with Crippen LogP contribution in [0.2, 0.25) is 0 Å². The minimum atomic E-state index is -0.274. The van der Waals surface area contributed by atoms with Crippen molar-refractivity contribution >= 4 is 0 Å². The molecular formula is C15H23FN2. The van der Waals surface area contributed by atoms with Gasteiger partial charge in [0.25, 0.3) is 0 Å². The number of rotatable bonds is 3. The molecule has 0 bridgehead atoms. The van der Waals surface area contributed by atoms with Gasteiger partial charge in [-0.1, -0.05) is 26.7 Å². The summed E-state index contributed by atoms with van der Waals surface area (Å²) < 4.78 is 12.8. The van der Waals surface area contributed by atoms with Crippen LogP contribution < -0.4 is 5.32 Å². The second-order valence-electron chi connectivity index (χ2n) is 6.08. The fourth-order valence-electron chi connectivity index (χ4n) is 2.83. The molecule has 1 aliphatic rings. The SMILES string of the molecule is CC(NC1CCCCC1(C)C)c1ccc(F)cn1. The Hall–Kier alpha value is -0.960. The summed E-state index contributed by atoms with van der Waals surface area (Å²) in [6.07, 6.45) is 6.41. The third-order valence-corrected chi connectivity index (χ3v) is 4.15. The Labute approximate surface area is 109 Å². The van der Waals surface area contributed by atoms with Crippen LogP contribution in [-0.2, 0) is 0 Å². The van der Waals surface area contributed by atoms with Gasteiger partial charge >= 0.3 is 0 Å². The van der Waals surface area contributed by atoms with Gasteiger partial charge in [0, 0.05) is 12.1 Å². The molecule has 0 amide bonds. The molecule has 100 valence electrons. The van der Waals surface area contributed by atoms with Crippen molar-refractivity contribution in [2.75, 3.05) is 0 Å². The molecular weight excluding hydrogens is 227 g/mol. The van der Waals surface area contributed by atoms with Crippen molar-refractivity contribution < 1.29 is 4.39 Å². The van der Waals surface area contributed by atoms with Crippen LogP contribution in [-0.4, -0.2) is 11.0 Å². The van der Waals surface area contributed by atoms with E-state index in [-0.39, 0.29) is 11.9 Å². The van der Waals surface area contributed by atoms with Gasteiger partial charge in [-0.2, -0.15) is 0 Å². The molecule has 1 aromatic rings. The van der Waals surface area contributed by atoms with E-state index in [0.717, 1.165) is 5.69 Å². The average molecular weight is 250 g/mol. The van der Waals surface area contributed by atoms with E-state index in [2.05, 4.69) is 31.1 Å². The van der Waals surface area contributed by atoms with E-state index < -0.39 is 0 Å². The van der Waals surface area contributed by atoms with E-state index in [1.54, 1.807) is 6.07 Å². The molecule has 1 fully saturated rings. The van der Waals surface area contributed by atoms with Gasteiger partial charge in [0.15, 0.2) is 0 Å². The Morgan fingerprint density at radius 2 is 2.17 bits per heavy atom. The van der Waals surface area contributed by atoms with Gasteiger partial charge in [0.05, 0.1) is 11.9 Å². The first kappa shape index (κ1) is 13.5. The van der Waals surface area contributed by atoms with Gasteiger partial charge in [-0.3, -0.25) is 4.98 Å². The smallest absolute Gasteiger partial charge is 0.141 e.